The number of hydrogen-bond acceptors (Lipinski definition) is 3. The molecular formula is C16H35N3O. The van der Waals surface area contributed by atoms with Gasteiger partial charge in [-0.25, -0.2) is 0 Å². The number of nitrogens with zero attached hydrogens (tertiary/aromatic N) is 1. The molecular weight excluding hydrogens is 250 g/mol. The SMILES string of the molecule is CCCN(CC(=O)NC(C)C(C)C)C(CC)(CC)CN. The molecule has 0 aromatic rings. The molecule has 0 aromatic carbocycles. The number of rotatable bonds is 10. The first-order chi connectivity index (χ1) is 9.36. The zero-order valence-electron chi connectivity index (χ0n) is 14.3. The molecule has 0 saturated carbocycles. The van der Waals surface area contributed by atoms with Gasteiger partial charge in [0.05, 0.1) is 6.54 Å². The number of nitrogens with one attached hydrogen (secondary N) is 1. The zero-order chi connectivity index (χ0) is 15.8. The normalized spacial score (nSPS) is 13.8. The predicted octanol–water partition coefficient (Wildman–Crippen LogP) is 2.38. The molecule has 0 fully saturated rings. The van der Waals surface area contributed by atoms with E-state index in [1.54, 1.807) is 0 Å². The molecule has 0 radical (unpaired) electrons. The highest BCUT2D eigenvalue weighted by Crippen LogP contribution is 2.23. The quantitative estimate of drug-likeness (QED) is 0.648. The van der Waals surface area contributed by atoms with E-state index in [2.05, 4.69) is 51.8 Å². The van der Waals surface area contributed by atoms with E-state index in [0.717, 1.165) is 25.8 Å². The Bertz CT molecular complexity index is 267. The van der Waals surface area contributed by atoms with Gasteiger partial charge in [0.1, 0.15) is 0 Å². The van der Waals surface area contributed by atoms with Crippen molar-refractivity contribution >= 4 is 5.91 Å². The molecule has 0 aliphatic rings. The maximum Gasteiger partial charge on any atom is 0.234 e. The van der Waals surface area contributed by atoms with E-state index in [1.165, 1.54) is 0 Å². The Hall–Kier alpha value is -0.610. The molecule has 4 heteroatoms. The summed E-state index contributed by atoms with van der Waals surface area (Å²) in [7, 11) is 0. The first-order valence-electron chi connectivity index (χ1n) is 8.11. The number of amides is 1. The number of carbonyl (C=O) groups excluding carboxylic acids is 1. The van der Waals surface area contributed by atoms with Crippen molar-refractivity contribution in [1.82, 2.24) is 10.2 Å². The molecule has 20 heavy (non-hydrogen) atoms. The zero-order valence-corrected chi connectivity index (χ0v) is 14.3. The molecule has 1 unspecified atom stereocenters. The molecule has 0 aliphatic heterocycles. The number of carbonyl (C=O) groups is 1. The maximum absolute atomic E-state index is 12.2. The molecule has 0 bridgehead atoms. The average molecular weight is 285 g/mol. The van der Waals surface area contributed by atoms with Crippen molar-refractivity contribution in [3.05, 3.63) is 0 Å². The summed E-state index contributed by atoms with van der Waals surface area (Å²) in [5.74, 6) is 0.564. The van der Waals surface area contributed by atoms with E-state index in [4.69, 9.17) is 5.73 Å². The Balaban J connectivity index is 4.80. The van der Waals surface area contributed by atoms with Crippen LogP contribution in [-0.4, -0.2) is 42.0 Å². The highest BCUT2D eigenvalue weighted by Gasteiger charge is 2.32. The summed E-state index contributed by atoms with van der Waals surface area (Å²) in [6.07, 6.45) is 2.99. The van der Waals surface area contributed by atoms with Crippen LogP contribution in [0, 0.1) is 5.92 Å². The Morgan fingerprint density at radius 1 is 1.20 bits per heavy atom. The molecule has 0 rings (SSSR count). The van der Waals surface area contributed by atoms with Gasteiger partial charge in [-0.2, -0.15) is 0 Å². The van der Waals surface area contributed by atoms with Gasteiger partial charge in [0, 0.05) is 18.1 Å². The van der Waals surface area contributed by atoms with Crippen LogP contribution < -0.4 is 11.1 Å². The fourth-order valence-electron chi connectivity index (χ4n) is 2.51. The molecule has 1 atom stereocenters. The molecule has 0 spiro atoms. The van der Waals surface area contributed by atoms with Crippen molar-refractivity contribution < 1.29 is 4.79 Å². The molecule has 120 valence electrons. The molecule has 4 nitrogen and oxygen atoms in total. The minimum Gasteiger partial charge on any atom is -0.352 e. The second-order valence-corrected chi connectivity index (χ2v) is 6.16. The van der Waals surface area contributed by atoms with Gasteiger partial charge in [0.2, 0.25) is 5.91 Å². The largest absolute Gasteiger partial charge is 0.352 e. The third-order valence-corrected chi connectivity index (χ3v) is 4.58. The third kappa shape index (κ3) is 5.41. The molecule has 0 heterocycles. The van der Waals surface area contributed by atoms with Crippen molar-refractivity contribution in [3.63, 3.8) is 0 Å². The smallest absolute Gasteiger partial charge is 0.234 e. The van der Waals surface area contributed by atoms with E-state index >= 15 is 0 Å². The van der Waals surface area contributed by atoms with Crippen LogP contribution in [0.15, 0.2) is 0 Å². The van der Waals surface area contributed by atoms with Gasteiger partial charge >= 0.3 is 0 Å². The second-order valence-electron chi connectivity index (χ2n) is 6.16. The first-order valence-corrected chi connectivity index (χ1v) is 8.11. The average Bonchev–Trinajstić information content (AvgIpc) is 2.41. The van der Waals surface area contributed by atoms with Crippen LogP contribution >= 0.6 is 0 Å². The van der Waals surface area contributed by atoms with E-state index in [9.17, 15) is 4.79 Å². The Kier molecular flexibility index (Phi) is 9.06. The fraction of sp³-hybridized carbons (Fsp3) is 0.938. The van der Waals surface area contributed by atoms with E-state index < -0.39 is 0 Å². The van der Waals surface area contributed by atoms with Crippen molar-refractivity contribution in [1.29, 1.82) is 0 Å². The Labute approximate surface area is 125 Å². The van der Waals surface area contributed by atoms with Gasteiger partial charge in [0.15, 0.2) is 0 Å². The number of nitrogens with two attached hydrogens (primary N) is 1. The minimum absolute atomic E-state index is 0.0472. The van der Waals surface area contributed by atoms with Crippen LogP contribution in [0.5, 0.6) is 0 Å². The summed E-state index contributed by atoms with van der Waals surface area (Å²) in [6, 6.07) is 0.210. The topological polar surface area (TPSA) is 58.4 Å². The van der Waals surface area contributed by atoms with Crippen LogP contribution in [0.3, 0.4) is 0 Å². The van der Waals surface area contributed by atoms with Crippen LogP contribution in [0.2, 0.25) is 0 Å². The summed E-state index contributed by atoms with van der Waals surface area (Å²) in [4.78, 5) is 14.5. The predicted molar refractivity (Wildman–Crippen MR) is 86.7 cm³/mol. The summed E-state index contributed by atoms with van der Waals surface area (Å²) < 4.78 is 0. The Morgan fingerprint density at radius 3 is 2.10 bits per heavy atom. The molecule has 0 aromatic heterocycles. The standard InChI is InChI=1S/C16H35N3O/c1-7-10-19(16(8-2,9-3)12-17)11-15(20)18-14(6)13(4)5/h13-14H,7-12,17H2,1-6H3,(H,18,20). The van der Waals surface area contributed by atoms with Crippen molar-refractivity contribution in [3.8, 4) is 0 Å². The van der Waals surface area contributed by atoms with Crippen molar-refractivity contribution in [2.45, 2.75) is 72.4 Å². The summed E-state index contributed by atoms with van der Waals surface area (Å²) >= 11 is 0. The van der Waals surface area contributed by atoms with Crippen LogP contribution in [0.1, 0.15) is 60.8 Å². The van der Waals surface area contributed by atoms with Gasteiger partial charge in [-0.15, -0.1) is 0 Å². The van der Waals surface area contributed by atoms with Gasteiger partial charge < -0.3 is 11.1 Å². The van der Waals surface area contributed by atoms with Crippen molar-refractivity contribution in [2.24, 2.45) is 11.7 Å². The van der Waals surface area contributed by atoms with Crippen molar-refractivity contribution in [2.75, 3.05) is 19.6 Å². The molecule has 1 amide bonds. The lowest BCUT2D eigenvalue weighted by Crippen LogP contribution is -2.56. The lowest BCUT2D eigenvalue weighted by Gasteiger charge is -2.42. The van der Waals surface area contributed by atoms with E-state index in [-0.39, 0.29) is 17.5 Å². The lowest BCUT2D eigenvalue weighted by atomic mass is 9.90. The highest BCUT2D eigenvalue weighted by molar-refractivity contribution is 5.78. The summed E-state index contributed by atoms with van der Waals surface area (Å²) in [6.45, 7) is 14.7. The Morgan fingerprint density at radius 2 is 1.75 bits per heavy atom. The minimum atomic E-state index is -0.0472. The summed E-state index contributed by atoms with van der Waals surface area (Å²) in [5.41, 5.74) is 5.96. The first kappa shape index (κ1) is 19.4. The molecule has 3 N–H and O–H groups in total. The number of hydrogen-bond donors (Lipinski definition) is 2. The van der Waals surface area contributed by atoms with E-state index in [0.29, 0.717) is 19.0 Å². The van der Waals surface area contributed by atoms with Gasteiger partial charge in [-0.1, -0.05) is 34.6 Å². The van der Waals surface area contributed by atoms with Gasteiger partial charge in [-0.3, -0.25) is 9.69 Å². The van der Waals surface area contributed by atoms with Gasteiger partial charge in [0.25, 0.3) is 0 Å². The second kappa shape index (κ2) is 9.35. The third-order valence-electron chi connectivity index (χ3n) is 4.58. The highest BCUT2D eigenvalue weighted by atomic mass is 16.2. The molecule has 0 aliphatic carbocycles. The lowest BCUT2D eigenvalue weighted by molar-refractivity contribution is -0.124. The maximum atomic E-state index is 12.2. The van der Waals surface area contributed by atoms with Gasteiger partial charge in [-0.05, 0) is 38.6 Å². The van der Waals surface area contributed by atoms with Crippen LogP contribution in [0.25, 0.3) is 0 Å². The molecule has 0 saturated heterocycles. The van der Waals surface area contributed by atoms with Crippen LogP contribution in [-0.2, 0) is 4.79 Å². The van der Waals surface area contributed by atoms with Crippen LogP contribution in [0.4, 0.5) is 0 Å². The monoisotopic (exact) mass is 285 g/mol. The fourth-order valence-corrected chi connectivity index (χ4v) is 2.51. The van der Waals surface area contributed by atoms with E-state index in [1.807, 2.05) is 0 Å². The summed E-state index contributed by atoms with van der Waals surface area (Å²) in [5, 5.41) is 3.09.